The van der Waals surface area contributed by atoms with Crippen LogP contribution in [0.3, 0.4) is 0 Å². The molecule has 2 aromatic heterocycles. The summed E-state index contributed by atoms with van der Waals surface area (Å²) in [6.07, 6.45) is 5.96. The summed E-state index contributed by atoms with van der Waals surface area (Å²) < 4.78 is 0. The van der Waals surface area contributed by atoms with Crippen molar-refractivity contribution < 1.29 is 0 Å². The Morgan fingerprint density at radius 1 is 1.30 bits per heavy atom. The molecule has 0 aliphatic heterocycles. The number of anilines is 2. The fourth-order valence-electron chi connectivity index (χ4n) is 2.28. The van der Waals surface area contributed by atoms with Crippen molar-refractivity contribution in [3.05, 3.63) is 10.9 Å². The Balaban J connectivity index is 2.17. The Bertz CT molecular complexity index is 564. The molecule has 5 heteroatoms. The van der Waals surface area contributed by atoms with E-state index in [0.29, 0.717) is 12.0 Å². The average molecular weight is 292 g/mol. The van der Waals surface area contributed by atoms with Gasteiger partial charge in [0, 0.05) is 10.9 Å². The summed E-state index contributed by atoms with van der Waals surface area (Å²) >= 11 is 1.70. The van der Waals surface area contributed by atoms with E-state index in [-0.39, 0.29) is 0 Å². The first-order valence-electron chi connectivity index (χ1n) is 7.46. The molecule has 1 unspecified atom stereocenters. The highest BCUT2D eigenvalue weighted by molar-refractivity contribution is 7.18. The molecule has 0 spiro atoms. The molecule has 0 fully saturated rings. The maximum atomic E-state index is 5.82. The van der Waals surface area contributed by atoms with Crippen LogP contribution in [0.2, 0.25) is 0 Å². The lowest BCUT2D eigenvalue weighted by molar-refractivity contribution is 0.614. The third kappa shape index (κ3) is 3.60. The molecule has 0 bridgehead atoms. The van der Waals surface area contributed by atoms with E-state index in [1.807, 2.05) is 0 Å². The monoisotopic (exact) mass is 292 g/mol. The Morgan fingerprint density at radius 3 is 2.80 bits per heavy atom. The van der Waals surface area contributed by atoms with Crippen molar-refractivity contribution in [1.82, 2.24) is 9.97 Å². The molecule has 110 valence electrons. The lowest BCUT2D eigenvalue weighted by atomic mass is 10.1. The van der Waals surface area contributed by atoms with Gasteiger partial charge < -0.3 is 11.1 Å². The van der Waals surface area contributed by atoms with Crippen LogP contribution in [0.5, 0.6) is 0 Å². The summed E-state index contributed by atoms with van der Waals surface area (Å²) in [7, 11) is 0. The minimum atomic E-state index is 0.352. The van der Waals surface area contributed by atoms with Gasteiger partial charge in [-0.3, -0.25) is 0 Å². The first-order valence-corrected chi connectivity index (χ1v) is 8.28. The summed E-state index contributed by atoms with van der Waals surface area (Å²) in [5.74, 6) is 1.23. The van der Waals surface area contributed by atoms with Crippen molar-refractivity contribution in [2.75, 3.05) is 11.1 Å². The normalized spacial score (nSPS) is 12.8. The number of aryl methyl sites for hydroxylation is 1. The Labute approximate surface area is 124 Å². The molecule has 2 rings (SSSR count). The number of hydrogen-bond acceptors (Lipinski definition) is 5. The number of nitrogens with zero attached hydrogens (tertiary/aromatic N) is 2. The Morgan fingerprint density at radius 2 is 2.10 bits per heavy atom. The number of hydrogen-bond donors (Lipinski definition) is 2. The fraction of sp³-hybridized carbons (Fsp3) is 0.600. The number of nitrogens with one attached hydrogen (secondary N) is 1. The van der Waals surface area contributed by atoms with Gasteiger partial charge in [0.2, 0.25) is 5.95 Å². The molecule has 2 aromatic rings. The minimum absolute atomic E-state index is 0.352. The van der Waals surface area contributed by atoms with Gasteiger partial charge >= 0.3 is 0 Å². The zero-order chi connectivity index (χ0) is 14.5. The zero-order valence-corrected chi connectivity index (χ0v) is 13.4. The maximum Gasteiger partial charge on any atom is 0.223 e. The number of nitrogen functional groups attached to an aromatic ring is 1. The van der Waals surface area contributed by atoms with E-state index in [0.717, 1.165) is 28.9 Å². The van der Waals surface area contributed by atoms with Crippen LogP contribution in [-0.2, 0) is 6.42 Å². The molecule has 2 heterocycles. The SMILES string of the molecule is CCCCCC(C)Nc1nc(N)nc2sc(CC)cc12. The van der Waals surface area contributed by atoms with Gasteiger partial charge in [-0.25, -0.2) is 4.98 Å². The lowest BCUT2D eigenvalue weighted by Gasteiger charge is -2.15. The Kier molecular flexibility index (Phi) is 5.17. The molecule has 0 aliphatic rings. The van der Waals surface area contributed by atoms with Crippen molar-refractivity contribution in [1.29, 1.82) is 0 Å². The minimum Gasteiger partial charge on any atom is -0.368 e. The lowest BCUT2D eigenvalue weighted by Crippen LogP contribution is -2.16. The van der Waals surface area contributed by atoms with E-state index >= 15 is 0 Å². The third-order valence-electron chi connectivity index (χ3n) is 3.43. The van der Waals surface area contributed by atoms with Gasteiger partial charge in [-0.05, 0) is 25.8 Å². The van der Waals surface area contributed by atoms with E-state index in [1.165, 1.54) is 24.1 Å². The van der Waals surface area contributed by atoms with Gasteiger partial charge in [0.1, 0.15) is 10.6 Å². The van der Waals surface area contributed by atoms with Crippen LogP contribution in [0.25, 0.3) is 10.2 Å². The molecular weight excluding hydrogens is 268 g/mol. The third-order valence-corrected chi connectivity index (χ3v) is 4.61. The van der Waals surface area contributed by atoms with Crippen molar-refractivity contribution in [3.8, 4) is 0 Å². The molecular formula is C15H24N4S. The quantitative estimate of drug-likeness (QED) is 0.750. The highest BCUT2D eigenvalue weighted by atomic mass is 32.1. The molecule has 4 nitrogen and oxygen atoms in total. The summed E-state index contributed by atoms with van der Waals surface area (Å²) in [5, 5.41) is 4.60. The number of thiophene rings is 1. The van der Waals surface area contributed by atoms with Crippen LogP contribution < -0.4 is 11.1 Å². The topological polar surface area (TPSA) is 63.8 Å². The molecule has 1 atom stereocenters. The van der Waals surface area contributed by atoms with Crippen LogP contribution in [0.4, 0.5) is 11.8 Å². The van der Waals surface area contributed by atoms with Crippen LogP contribution in [0, 0.1) is 0 Å². The van der Waals surface area contributed by atoms with E-state index in [2.05, 4.69) is 42.1 Å². The smallest absolute Gasteiger partial charge is 0.223 e. The summed E-state index contributed by atoms with van der Waals surface area (Å²) in [5.41, 5.74) is 5.82. The molecule has 0 amide bonds. The largest absolute Gasteiger partial charge is 0.368 e. The number of rotatable bonds is 7. The first kappa shape index (κ1) is 15.0. The van der Waals surface area contributed by atoms with Gasteiger partial charge in [0.15, 0.2) is 0 Å². The fourth-order valence-corrected chi connectivity index (χ4v) is 3.25. The van der Waals surface area contributed by atoms with Crippen molar-refractivity contribution in [2.45, 2.75) is 58.9 Å². The summed E-state index contributed by atoms with van der Waals surface area (Å²) in [6.45, 7) is 6.58. The standard InChI is InChI=1S/C15H24N4S/c1-4-6-7-8-10(3)17-13-12-9-11(5-2)20-14(12)19-15(16)18-13/h9-10H,4-8H2,1-3H3,(H3,16,17,18,19). The van der Waals surface area contributed by atoms with Crippen LogP contribution in [-0.4, -0.2) is 16.0 Å². The molecule has 3 N–H and O–H groups in total. The van der Waals surface area contributed by atoms with Crippen LogP contribution in [0.1, 0.15) is 51.3 Å². The highest BCUT2D eigenvalue weighted by Crippen LogP contribution is 2.30. The van der Waals surface area contributed by atoms with Gasteiger partial charge in [-0.2, -0.15) is 4.98 Å². The molecule has 0 radical (unpaired) electrons. The van der Waals surface area contributed by atoms with Crippen molar-refractivity contribution in [3.63, 3.8) is 0 Å². The van der Waals surface area contributed by atoms with Gasteiger partial charge in [0.25, 0.3) is 0 Å². The second-order valence-electron chi connectivity index (χ2n) is 5.26. The van der Waals surface area contributed by atoms with E-state index in [1.54, 1.807) is 11.3 Å². The van der Waals surface area contributed by atoms with E-state index < -0.39 is 0 Å². The number of fused-ring (bicyclic) bond motifs is 1. The average Bonchev–Trinajstić information content (AvgIpc) is 2.82. The van der Waals surface area contributed by atoms with E-state index in [9.17, 15) is 0 Å². The number of nitrogens with two attached hydrogens (primary N) is 1. The maximum absolute atomic E-state index is 5.82. The van der Waals surface area contributed by atoms with Crippen molar-refractivity contribution >= 4 is 33.3 Å². The predicted octanol–water partition coefficient (Wildman–Crippen LogP) is 4.22. The highest BCUT2D eigenvalue weighted by Gasteiger charge is 2.12. The Hall–Kier alpha value is -1.36. The molecule has 0 saturated heterocycles. The summed E-state index contributed by atoms with van der Waals surface area (Å²) in [4.78, 5) is 11.0. The van der Waals surface area contributed by atoms with Crippen LogP contribution in [0.15, 0.2) is 6.07 Å². The van der Waals surface area contributed by atoms with Crippen molar-refractivity contribution in [2.24, 2.45) is 0 Å². The van der Waals surface area contributed by atoms with Gasteiger partial charge in [-0.15, -0.1) is 11.3 Å². The van der Waals surface area contributed by atoms with Crippen LogP contribution >= 0.6 is 11.3 Å². The molecule has 20 heavy (non-hydrogen) atoms. The molecule has 0 saturated carbocycles. The zero-order valence-electron chi connectivity index (χ0n) is 12.6. The predicted molar refractivity (Wildman–Crippen MR) is 88.4 cm³/mol. The van der Waals surface area contributed by atoms with E-state index in [4.69, 9.17) is 5.73 Å². The number of unbranched alkanes of at least 4 members (excludes halogenated alkanes) is 2. The molecule has 0 aliphatic carbocycles. The van der Waals surface area contributed by atoms with Gasteiger partial charge in [0.05, 0.1) is 5.39 Å². The molecule has 0 aromatic carbocycles. The second kappa shape index (κ2) is 6.88. The first-order chi connectivity index (χ1) is 9.63. The second-order valence-corrected chi connectivity index (χ2v) is 6.37. The van der Waals surface area contributed by atoms with Gasteiger partial charge in [-0.1, -0.05) is 33.1 Å². The summed E-state index contributed by atoms with van der Waals surface area (Å²) in [6, 6.07) is 2.59. The number of aromatic nitrogens is 2.